The largest absolute Gasteiger partial charge is 0.478 e. The Morgan fingerprint density at radius 3 is 2.07 bits per heavy atom. The molecule has 1 aromatic heterocycles. The molecule has 1 heterocycles. The number of carbonyl (C=O) groups is 3. The number of carboxylic acids is 1. The van der Waals surface area contributed by atoms with Crippen LogP contribution in [0, 0.1) is 13.8 Å². The first-order valence-corrected chi connectivity index (χ1v) is 15.0. The summed E-state index contributed by atoms with van der Waals surface area (Å²) in [4.78, 5) is 40.1. The summed E-state index contributed by atoms with van der Waals surface area (Å²) < 4.78 is 30.1. The molecule has 4 aromatic carbocycles. The third kappa shape index (κ3) is 4.91. The molecule has 0 unspecified atom stereocenters. The molecule has 1 N–H and O–H groups in total. The molecule has 0 amide bonds. The summed E-state index contributed by atoms with van der Waals surface area (Å²) in [5.74, 6) is -1.96. The second-order valence-electron chi connectivity index (χ2n) is 10.5. The second-order valence-corrected chi connectivity index (χ2v) is 12.4. The highest BCUT2D eigenvalue weighted by molar-refractivity contribution is 7.91. The lowest BCUT2D eigenvalue weighted by Crippen LogP contribution is -2.18. The van der Waals surface area contributed by atoms with Gasteiger partial charge in [0.2, 0.25) is 9.84 Å². The third-order valence-corrected chi connectivity index (χ3v) is 9.65. The van der Waals surface area contributed by atoms with Gasteiger partial charge in [-0.1, -0.05) is 48.5 Å². The standard InChI is InChI=1S/C34H30N2O6S/c1-20-24(14-10-15-29(20)35(4)5)33(38)36-21(2)32(43(41,42)31-16-9-8-13-27(31)34(39)40)28-19-23(17-18-30(28)36)26-12-7-6-11-25(26)22(3)37/h6-19H,1-5H3,(H,39,40). The summed E-state index contributed by atoms with van der Waals surface area (Å²) in [7, 11) is -0.707. The molecule has 9 heteroatoms. The molecule has 0 radical (unpaired) electrons. The van der Waals surface area contributed by atoms with E-state index in [1.54, 1.807) is 61.5 Å². The lowest BCUT2D eigenvalue weighted by molar-refractivity contribution is 0.0692. The fraction of sp³-hybridized carbons (Fsp3) is 0.147. The van der Waals surface area contributed by atoms with E-state index in [1.165, 1.54) is 35.8 Å². The molecule has 0 saturated carbocycles. The van der Waals surface area contributed by atoms with Gasteiger partial charge in [-0.05, 0) is 73.9 Å². The quantitative estimate of drug-likeness (QED) is 0.217. The van der Waals surface area contributed by atoms with Gasteiger partial charge in [-0.25, -0.2) is 13.2 Å². The number of nitrogens with zero attached hydrogens (tertiary/aromatic N) is 2. The predicted octanol–water partition coefficient (Wildman–Crippen LogP) is 6.41. The molecule has 0 aliphatic carbocycles. The predicted molar refractivity (Wildman–Crippen MR) is 166 cm³/mol. The third-order valence-electron chi connectivity index (χ3n) is 7.66. The van der Waals surface area contributed by atoms with E-state index >= 15 is 0 Å². The van der Waals surface area contributed by atoms with Crippen LogP contribution in [0.15, 0.2) is 94.7 Å². The van der Waals surface area contributed by atoms with Gasteiger partial charge in [0.25, 0.3) is 5.91 Å². The normalized spacial score (nSPS) is 11.5. The van der Waals surface area contributed by atoms with Crippen molar-refractivity contribution in [2.45, 2.75) is 30.6 Å². The van der Waals surface area contributed by atoms with Gasteiger partial charge in [-0.3, -0.25) is 14.2 Å². The molecule has 0 aliphatic rings. The summed E-state index contributed by atoms with van der Waals surface area (Å²) in [6, 6.07) is 22.8. The van der Waals surface area contributed by atoms with Crippen molar-refractivity contribution < 1.29 is 27.9 Å². The Morgan fingerprint density at radius 1 is 0.791 bits per heavy atom. The Kier molecular flexibility index (Phi) is 7.54. The topological polar surface area (TPSA) is 114 Å². The second kappa shape index (κ2) is 11.0. The number of aromatic carboxylic acids is 1. The molecule has 0 spiro atoms. The smallest absolute Gasteiger partial charge is 0.337 e. The van der Waals surface area contributed by atoms with Crippen LogP contribution in [0.25, 0.3) is 22.0 Å². The minimum Gasteiger partial charge on any atom is -0.478 e. The van der Waals surface area contributed by atoms with Crippen molar-refractivity contribution in [3.8, 4) is 11.1 Å². The van der Waals surface area contributed by atoms with Crippen molar-refractivity contribution in [2.75, 3.05) is 19.0 Å². The maximum Gasteiger partial charge on any atom is 0.337 e. The number of carbonyl (C=O) groups excluding carboxylic acids is 2. The molecule has 0 aliphatic heterocycles. The molecular formula is C34H30N2O6S. The zero-order valence-electron chi connectivity index (χ0n) is 24.4. The summed E-state index contributed by atoms with van der Waals surface area (Å²) >= 11 is 0. The first-order chi connectivity index (χ1) is 20.4. The van der Waals surface area contributed by atoms with Crippen molar-refractivity contribution in [3.63, 3.8) is 0 Å². The summed E-state index contributed by atoms with van der Waals surface area (Å²) in [5.41, 5.74) is 3.73. The molecule has 218 valence electrons. The van der Waals surface area contributed by atoms with E-state index < -0.39 is 21.7 Å². The molecule has 0 saturated heterocycles. The highest BCUT2D eigenvalue weighted by Gasteiger charge is 2.33. The number of benzene rings is 4. The maximum atomic E-state index is 14.4. The van der Waals surface area contributed by atoms with E-state index in [1.807, 2.05) is 32.0 Å². The van der Waals surface area contributed by atoms with Crippen molar-refractivity contribution in [2.24, 2.45) is 0 Å². The molecule has 5 rings (SSSR count). The number of ketones is 1. The van der Waals surface area contributed by atoms with Crippen LogP contribution in [0.5, 0.6) is 0 Å². The Morgan fingerprint density at radius 2 is 1.42 bits per heavy atom. The summed E-state index contributed by atoms with van der Waals surface area (Å²) in [6.07, 6.45) is 0. The highest BCUT2D eigenvalue weighted by atomic mass is 32.2. The Hall–Kier alpha value is -5.02. The van der Waals surface area contributed by atoms with Gasteiger partial charge >= 0.3 is 5.97 Å². The fourth-order valence-corrected chi connectivity index (χ4v) is 7.50. The van der Waals surface area contributed by atoms with Gasteiger partial charge in [-0.2, -0.15) is 0 Å². The lowest BCUT2D eigenvalue weighted by atomic mass is 9.96. The molecule has 8 nitrogen and oxygen atoms in total. The van der Waals surface area contributed by atoms with Crippen LogP contribution in [-0.2, 0) is 9.84 Å². The van der Waals surface area contributed by atoms with Gasteiger partial charge < -0.3 is 10.0 Å². The number of hydrogen-bond donors (Lipinski definition) is 1. The van der Waals surface area contributed by atoms with Crippen LogP contribution in [0.4, 0.5) is 5.69 Å². The van der Waals surface area contributed by atoms with Crippen LogP contribution >= 0.6 is 0 Å². The minimum atomic E-state index is -4.45. The van der Waals surface area contributed by atoms with Gasteiger partial charge in [0.05, 0.1) is 16.0 Å². The van der Waals surface area contributed by atoms with Crippen molar-refractivity contribution >= 4 is 44.1 Å². The molecular weight excluding hydrogens is 564 g/mol. The molecule has 0 atom stereocenters. The number of hydrogen-bond acceptors (Lipinski definition) is 6. The first kappa shape index (κ1) is 29.5. The summed E-state index contributed by atoms with van der Waals surface area (Å²) in [5, 5.41) is 10.1. The lowest BCUT2D eigenvalue weighted by Gasteiger charge is -2.18. The van der Waals surface area contributed by atoms with Crippen molar-refractivity contribution in [1.29, 1.82) is 0 Å². The van der Waals surface area contributed by atoms with Crippen molar-refractivity contribution in [3.05, 3.63) is 113 Å². The summed E-state index contributed by atoms with van der Waals surface area (Å²) in [6.45, 7) is 4.84. The fourth-order valence-electron chi connectivity index (χ4n) is 5.65. The molecule has 5 aromatic rings. The minimum absolute atomic E-state index is 0.145. The van der Waals surface area contributed by atoms with Crippen LogP contribution in [0.3, 0.4) is 0 Å². The van der Waals surface area contributed by atoms with E-state index in [0.717, 1.165) is 11.3 Å². The Balaban J connectivity index is 1.87. The van der Waals surface area contributed by atoms with Gasteiger partial charge in [0.15, 0.2) is 5.78 Å². The SMILES string of the molecule is CC(=O)c1ccccc1-c1ccc2c(c1)c(S(=O)(=O)c1ccccc1C(=O)O)c(C)n2C(=O)c1cccc(N(C)C)c1C. The number of fused-ring (bicyclic) bond motifs is 1. The number of anilines is 1. The van der Waals surface area contributed by atoms with Gasteiger partial charge in [0.1, 0.15) is 4.90 Å². The van der Waals surface area contributed by atoms with E-state index in [0.29, 0.717) is 27.8 Å². The van der Waals surface area contributed by atoms with Crippen LogP contribution in [0.1, 0.15) is 49.3 Å². The monoisotopic (exact) mass is 594 g/mol. The van der Waals surface area contributed by atoms with Gasteiger partial charge in [0, 0.05) is 42.0 Å². The number of rotatable bonds is 7. The van der Waals surface area contributed by atoms with Crippen LogP contribution in [-0.4, -0.2) is 49.8 Å². The maximum absolute atomic E-state index is 14.4. The molecule has 43 heavy (non-hydrogen) atoms. The molecule has 0 bridgehead atoms. The Labute approximate surface area is 249 Å². The average molecular weight is 595 g/mol. The number of aromatic nitrogens is 1. The zero-order chi connectivity index (χ0) is 31.2. The van der Waals surface area contributed by atoms with Crippen molar-refractivity contribution in [1.82, 2.24) is 4.57 Å². The Bertz CT molecular complexity index is 2070. The first-order valence-electron chi connectivity index (χ1n) is 13.5. The van der Waals surface area contributed by atoms with E-state index in [4.69, 9.17) is 0 Å². The number of Topliss-reactive ketones (excluding diaryl/α,β-unsaturated/α-hetero) is 1. The average Bonchev–Trinajstić information content (AvgIpc) is 3.28. The van der Waals surface area contributed by atoms with E-state index in [-0.39, 0.29) is 32.2 Å². The number of carboxylic acid groups (broad SMARTS) is 1. The molecule has 0 fully saturated rings. The zero-order valence-corrected chi connectivity index (χ0v) is 25.2. The van der Waals surface area contributed by atoms with Crippen LogP contribution < -0.4 is 4.90 Å². The van der Waals surface area contributed by atoms with E-state index in [2.05, 4.69) is 0 Å². The highest BCUT2D eigenvalue weighted by Crippen LogP contribution is 2.38. The number of sulfone groups is 1. The van der Waals surface area contributed by atoms with Gasteiger partial charge in [-0.15, -0.1) is 0 Å². The van der Waals surface area contributed by atoms with E-state index in [9.17, 15) is 27.9 Å². The van der Waals surface area contributed by atoms with Crippen LogP contribution in [0.2, 0.25) is 0 Å².